The molecule has 3 N–H and O–H groups in total. The van der Waals surface area contributed by atoms with Gasteiger partial charge in [-0.25, -0.2) is 9.97 Å². The summed E-state index contributed by atoms with van der Waals surface area (Å²) in [5, 5.41) is 3.87. The Hall–Kier alpha value is -2.05. The summed E-state index contributed by atoms with van der Waals surface area (Å²) in [5.74, 6) is 0.357. The first-order valence-corrected chi connectivity index (χ1v) is 7.23. The number of nitrogens with one attached hydrogen (secondary N) is 1. The van der Waals surface area contributed by atoms with E-state index in [2.05, 4.69) is 15.3 Å². The van der Waals surface area contributed by atoms with Gasteiger partial charge in [0.2, 0.25) is 5.82 Å². The molecular formula is C14H14Cl2N4O2. The van der Waals surface area contributed by atoms with E-state index in [-0.39, 0.29) is 5.82 Å². The Morgan fingerprint density at radius 2 is 2.09 bits per heavy atom. The molecule has 0 saturated heterocycles. The maximum absolute atomic E-state index is 11.3. The van der Waals surface area contributed by atoms with Gasteiger partial charge in [-0.15, -0.1) is 0 Å². The molecule has 0 aliphatic rings. The number of benzene rings is 1. The minimum absolute atomic E-state index is 0.0806. The minimum atomic E-state index is -0.710. The number of aryl methyl sites for hydroxylation is 1. The molecule has 1 amide bonds. The maximum atomic E-state index is 11.3. The summed E-state index contributed by atoms with van der Waals surface area (Å²) in [6.45, 7) is 4.16. The van der Waals surface area contributed by atoms with Crippen LogP contribution in [0.15, 0.2) is 18.2 Å². The first-order chi connectivity index (χ1) is 10.4. The molecule has 22 heavy (non-hydrogen) atoms. The van der Waals surface area contributed by atoms with Crippen molar-refractivity contribution in [3.63, 3.8) is 0 Å². The van der Waals surface area contributed by atoms with Crippen molar-refractivity contribution in [3.05, 3.63) is 39.8 Å². The zero-order chi connectivity index (χ0) is 16.3. The second-order valence-corrected chi connectivity index (χ2v) is 5.23. The summed E-state index contributed by atoms with van der Waals surface area (Å²) in [4.78, 5) is 19.4. The number of aromatic nitrogens is 2. The average molecular weight is 341 g/mol. The highest BCUT2D eigenvalue weighted by molar-refractivity contribution is 6.35. The molecule has 0 atom stereocenters. The SMILES string of the molecule is CCNc1nc(C(N)=O)nc(C)c1Oc1ccc(Cl)cc1Cl. The quantitative estimate of drug-likeness (QED) is 0.870. The Bertz CT molecular complexity index is 722. The van der Waals surface area contributed by atoms with Gasteiger partial charge < -0.3 is 15.8 Å². The predicted octanol–water partition coefficient (Wildman–Crippen LogP) is 3.41. The number of carbonyl (C=O) groups excluding carboxylic acids is 1. The van der Waals surface area contributed by atoms with Crippen molar-refractivity contribution < 1.29 is 9.53 Å². The summed E-state index contributed by atoms with van der Waals surface area (Å²) < 4.78 is 5.78. The van der Waals surface area contributed by atoms with Gasteiger partial charge in [0.1, 0.15) is 5.75 Å². The van der Waals surface area contributed by atoms with Gasteiger partial charge in [-0.2, -0.15) is 0 Å². The molecule has 0 aliphatic heterocycles. The van der Waals surface area contributed by atoms with Gasteiger partial charge in [-0.1, -0.05) is 23.2 Å². The number of nitrogens with two attached hydrogens (primary N) is 1. The van der Waals surface area contributed by atoms with Gasteiger partial charge in [0, 0.05) is 11.6 Å². The van der Waals surface area contributed by atoms with E-state index in [1.807, 2.05) is 6.92 Å². The number of hydrogen-bond donors (Lipinski definition) is 2. The molecule has 6 nitrogen and oxygen atoms in total. The van der Waals surface area contributed by atoms with E-state index in [1.165, 1.54) is 0 Å². The maximum Gasteiger partial charge on any atom is 0.286 e. The molecule has 0 fully saturated rings. The molecule has 0 unspecified atom stereocenters. The standard InChI is InChI=1S/C14H14Cl2N4O2/c1-3-18-13-11(7(2)19-14(20-13)12(17)21)22-10-5-4-8(15)6-9(10)16/h4-6H,3H2,1-2H3,(H2,17,21)(H,18,19,20). The van der Waals surface area contributed by atoms with Gasteiger partial charge in [-0.05, 0) is 32.0 Å². The van der Waals surface area contributed by atoms with Gasteiger partial charge in [-0.3, -0.25) is 4.79 Å². The molecule has 2 aromatic rings. The topological polar surface area (TPSA) is 90.1 Å². The van der Waals surface area contributed by atoms with E-state index in [0.29, 0.717) is 39.6 Å². The molecule has 0 bridgehead atoms. The number of anilines is 1. The molecular weight excluding hydrogens is 327 g/mol. The number of carbonyl (C=O) groups is 1. The lowest BCUT2D eigenvalue weighted by molar-refractivity contribution is 0.0990. The van der Waals surface area contributed by atoms with Crippen LogP contribution in [0.25, 0.3) is 0 Å². The van der Waals surface area contributed by atoms with Crippen molar-refractivity contribution >= 4 is 34.9 Å². The van der Waals surface area contributed by atoms with Crippen LogP contribution in [0.3, 0.4) is 0 Å². The van der Waals surface area contributed by atoms with Crippen molar-refractivity contribution in [2.75, 3.05) is 11.9 Å². The highest BCUT2D eigenvalue weighted by atomic mass is 35.5. The molecule has 116 valence electrons. The second kappa shape index (κ2) is 6.81. The smallest absolute Gasteiger partial charge is 0.286 e. The summed E-state index contributed by atoms with van der Waals surface area (Å²) in [6, 6.07) is 4.87. The third-order valence-electron chi connectivity index (χ3n) is 2.71. The molecule has 1 heterocycles. The number of amides is 1. The van der Waals surface area contributed by atoms with Gasteiger partial charge >= 0.3 is 0 Å². The van der Waals surface area contributed by atoms with Gasteiger partial charge in [0.05, 0.1) is 10.7 Å². The molecule has 2 rings (SSSR count). The lowest BCUT2D eigenvalue weighted by atomic mass is 10.3. The highest BCUT2D eigenvalue weighted by Crippen LogP contribution is 2.35. The number of primary amides is 1. The van der Waals surface area contributed by atoms with E-state index >= 15 is 0 Å². The van der Waals surface area contributed by atoms with Crippen molar-refractivity contribution in [2.24, 2.45) is 5.73 Å². The van der Waals surface area contributed by atoms with Crippen molar-refractivity contribution in [3.8, 4) is 11.5 Å². The molecule has 0 saturated carbocycles. The third kappa shape index (κ3) is 3.58. The fourth-order valence-electron chi connectivity index (χ4n) is 1.75. The molecule has 1 aromatic carbocycles. The van der Waals surface area contributed by atoms with Crippen LogP contribution >= 0.6 is 23.2 Å². The van der Waals surface area contributed by atoms with Crippen molar-refractivity contribution in [2.45, 2.75) is 13.8 Å². The molecule has 0 spiro atoms. The number of ether oxygens (including phenoxy) is 1. The van der Waals surface area contributed by atoms with Crippen LogP contribution in [0.1, 0.15) is 23.2 Å². The minimum Gasteiger partial charge on any atom is -0.450 e. The van der Waals surface area contributed by atoms with Crippen LogP contribution in [0.2, 0.25) is 10.0 Å². The fraction of sp³-hybridized carbons (Fsp3) is 0.214. The van der Waals surface area contributed by atoms with E-state index in [1.54, 1.807) is 25.1 Å². The van der Waals surface area contributed by atoms with Crippen LogP contribution in [-0.2, 0) is 0 Å². The zero-order valence-electron chi connectivity index (χ0n) is 12.0. The highest BCUT2D eigenvalue weighted by Gasteiger charge is 2.17. The second-order valence-electron chi connectivity index (χ2n) is 4.38. The predicted molar refractivity (Wildman–Crippen MR) is 86.0 cm³/mol. The zero-order valence-corrected chi connectivity index (χ0v) is 13.5. The van der Waals surface area contributed by atoms with E-state index in [0.717, 1.165) is 0 Å². The largest absolute Gasteiger partial charge is 0.450 e. The fourth-order valence-corrected chi connectivity index (χ4v) is 2.20. The lowest BCUT2D eigenvalue weighted by Crippen LogP contribution is -2.18. The van der Waals surface area contributed by atoms with Crippen molar-refractivity contribution in [1.29, 1.82) is 0 Å². The third-order valence-corrected chi connectivity index (χ3v) is 3.24. The number of rotatable bonds is 5. The van der Waals surface area contributed by atoms with E-state index in [4.69, 9.17) is 33.7 Å². The van der Waals surface area contributed by atoms with Crippen LogP contribution in [-0.4, -0.2) is 22.4 Å². The summed E-state index contributed by atoms with van der Waals surface area (Å²) in [5.41, 5.74) is 5.69. The Morgan fingerprint density at radius 1 is 1.36 bits per heavy atom. The van der Waals surface area contributed by atoms with E-state index in [9.17, 15) is 4.79 Å². The van der Waals surface area contributed by atoms with Crippen LogP contribution < -0.4 is 15.8 Å². The number of hydrogen-bond acceptors (Lipinski definition) is 5. The monoisotopic (exact) mass is 340 g/mol. The van der Waals surface area contributed by atoms with Crippen LogP contribution in [0, 0.1) is 6.92 Å². The molecule has 0 aliphatic carbocycles. The number of halogens is 2. The Balaban J connectivity index is 2.47. The summed E-state index contributed by atoms with van der Waals surface area (Å²) in [7, 11) is 0. The average Bonchev–Trinajstić information content (AvgIpc) is 2.44. The Kier molecular flexibility index (Phi) is 5.05. The Labute approximate surface area is 137 Å². The van der Waals surface area contributed by atoms with Crippen molar-refractivity contribution in [1.82, 2.24) is 9.97 Å². The number of nitrogens with zero attached hydrogens (tertiary/aromatic N) is 2. The first-order valence-electron chi connectivity index (χ1n) is 6.47. The molecule has 1 aromatic heterocycles. The first kappa shape index (κ1) is 16.3. The van der Waals surface area contributed by atoms with Crippen LogP contribution in [0.5, 0.6) is 11.5 Å². The molecule has 0 radical (unpaired) electrons. The normalized spacial score (nSPS) is 10.4. The van der Waals surface area contributed by atoms with Gasteiger partial charge in [0.25, 0.3) is 5.91 Å². The van der Waals surface area contributed by atoms with E-state index < -0.39 is 5.91 Å². The summed E-state index contributed by atoms with van der Waals surface area (Å²) in [6.07, 6.45) is 0. The summed E-state index contributed by atoms with van der Waals surface area (Å²) >= 11 is 12.0. The van der Waals surface area contributed by atoms with Crippen LogP contribution in [0.4, 0.5) is 5.82 Å². The van der Waals surface area contributed by atoms with Gasteiger partial charge in [0.15, 0.2) is 11.6 Å². The lowest BCUT2D eigenvalue weighted by Gasteiger charge is -2.14. The molecule has 8 heteroatoms. The Morgan fingerprint density at radius 3 is 2.68 bits per heavy atom.